The number of hydrogen-bond acceptors (Lipinski definition) is 4. The van der Waals surface area contributed by atoms with E-state index in [0.29, 0.717) is 23.8 Å². The first kappa shape index (κ1) is 15.1. The van der Waals surface area contributed by atoms with Crippen molar-refractivity contribution >= 4 is 11.3 Å². The van der Waals surface area contributed by atoms with E-state index in [1.54, 1.807) is 18.7 Å². The van der Waals surface area contributed by atoms with E-state index in [-0.39, 0.29) is 0 Å². The molecule has 1 saturated heterocycles. The minimum absolute atomic E-state index is 0.326. The van der Waals surface area contributed by atoms with Gasteiger partial charge in [0, 0.05) is 44.1 Å². The molecule has 0 unspecified atom stereocenters. The van der Waals surface area contributed by atoms with Crippen LogP contribution < -0.4 is 0 Å². The van der Waals surface area contributed by atoms with Crippen molar-refractivity contribution in [2.45, 2.75) is 25.4 Å². The molecule has 0 saturated carbocycles. The van der Waals surface area contributed by atoms with Crippen LogP contribution in [0.1, 0.15) is 24.4 Å². The van der Waals surface area contributed by atoms with E-state index in [1.165, 1.54) is 12.1 Å². The standard InChI is InChI=1S/C17H17F2N5/c18-13-7-12(8-14(19)9-13)10-23-5-1-15(2-6-23)24-11-22-16-17(24)21-4-3-20-16/h3-4,7-9,11,15H,1-2,5-6,10H2. The van der Waals surface area contributed by atoms with E-state index in [2.05, 4.69) is 24.4 Å². The molecular formula is C17H17F2N5. The summed E-state index contributed by atoms with van der Waals surface area (Å²) in [7, 11) is 0. The van der Waals surface area contributed by atoms with Crippen molar-refractivity contribution in [2.24, 2.45) is 0 Å². The van der Waals surface area contributed by atoms with Crippen molar-refractivity contribution in [1.82, 2.24) is 24.4 Å². The van der Waals surface area contributed by atoms with Crippen LogP contribution in [-0.2, 0) is 6.54 Å². The number of imidazole rings is 1. The Morgan fingerprint density at radius 1 is 0.958 bits per heavy atom. The Balaban J connectivity index is 1.43. The third kappa shape index (κ3) is 2.99. The molecule has 5 nitrogen and oxygen atoms in total. The minimum atomic E-state index is -0.525. The Kier molecular flexibility index (Phi) is 3.93. The molecule has 124 valence electrons. The Hall–Kier alpha value is -2.41. The van der Waals surface area contributed by atoms with Crippen molar-refractivity contribution in [3.05, 3.63) is 54.1 Å². The van der Waals surface area contributed by atoms with Crippen molar-refractivity contribution in [1.29, 1.82) is 0 Å². The van der Waals surface area contributed by atoms with Gasteiger partial charge in [-0.15, -0.1) is 0 Å². The molecular weight excluding hydrogens is 312 g/mol. The molecule has 1 fully saturated rings. The summed E-state index contributed by atoms with van der Waals surface area (Å²) in [4.78, 5) is 15.1. The van der Waals surface area contributed by atoms with Crippen LogP contribution in [0.2, 0.25) is 0 Å². The topological polar surface area (TPSA) is 46.8 Å². The van der Waals surface area contributed by atoms with E-state index < -0.39 is 11.6 Å². The predicted molar refractivity (Wildman–Crippen MR) is 85.2 cm³/mol. The molecule has 4 rings (SSSR count). The molecule has 3 aromatic rings. The molecule has 0 aliphatic carbocycles. The number of hydrogen-bond donors (Lipinski definition) is 0. The summed E-state index contributed by atoms with van der Waals surface area (Å²) in [5.41, 5.74) is 2.14. The number of halogens is 2. The summed E-state index contributed by atoms with van der Waals surface area (Å²) in [6.45, 7) is 2.29. The average Bonchev–Trinajstić information content (AvgIpc) is 2.99. The number of aromatic nitrogens is 4. The largest absolute Gasteiger partial charge is 0.311 e. The van der Waals surface area contributed by atoms with Crippen molar-refractivity contribution in [2.75, 3.05) is 13.1 Å². The summed E-state index contributed by atoms with van der Waals surface area (Å²) in [6.07, 6.45) is 7.00. The fraction of sp³-hybridized carbons (Fsp3) is 0.353. The van der Waals surface area contributed by atoms with Crippen LogP contribution in [0, 0.1) is 11.6 Å². The summed E-state index contributed by atoms with van der Waals surface area (Å²) in [5, 5.41) is 0. The van der Waals surface area contributed by atoms with Crippen molar-refractivity contribution < 1.29 is 8.78 Å². The zero-order valence-corrected chi connectivity index (χ0v) is 13.1. The van der Waals surface area contributed by atoms with Crippen LogP contribution in [0.4, 0.5) is 8.78 Å². The van der Waals surface area contributed by atoms with Gasteiger partial charge in [-0.1, -0.05) is 0 Å². The molecule has 0 N–H and O–H groups in total. The molecule has 2 aromatic heterocycles. The van der Waals surface area contributed by atoms with Gasteiger partial charge in [0.15, 0.2) is 11.3 Å². The van der Waals surface area contributed by atoms with Crippen LogP contribution in [0.15, 0.2) is 36.9 Å². The number of piperidine rings is 1. The Morgan fingerprint density at radius 2 is 1.67 bits per heavy atom. The maximum Gasteiger partial charge on any atom is 0.197 e. The molecule has 24 heavy (non-hydrogen) atoms. The van der Waals surface area contributed by atoms with Crippen molar-refractivity contribution in [3.8, 4) is 0 Å². The van der Waals surface area contributed by atoms with E-state index in [9.17, 15) is 8.78 Å². The number of rotatable bonds is 3. The Labute approximate surface area is 138 Å². The van der Waals surface area contributed by atoms with E-state index in [0.717, 1.165) is 37.6 Å². The van der Waals surface area contributed by atoms with Gasteiger partial charge in [-0.3, -0.25) is 4.90 Å². The van der Waals surface area contributed by atoms with Gasteiger partial charge in [-0.25, -0.2) is 23.7 Å². The smallest absolute Gasteiger partial charge is 0.197 e. The molecule has 0 radical (unpaired) electrons. The summed E-state index contributed by atoms with van der Waals surface area (Å²) >= 11 is 0. The van der Waals surface area contributed by atoms with Crippen molar-refractivity contribution in [3.63, 3.8) is 0 Å². The third-order valence-electron chi connectivity index (χ3n) is 4.49. The minimum Gasteiger partial charge on any atom is -0.311 e. The monoisotopic (exact) mass is 329 g/mol. The lowest BCUT2D eigenvalue weighted by atomic mass is 10.0. The second kappa shape index (κ2) is 6.24. The first-order valence-corrected chi connectivity index (χ1v) is 8.00. The fourth-order valence-electron chi connectivity index (χ4n) is 3.35. The third-order valence-corrected chi connectivity index (χ3v) is 4.49. The second-order valence-electron chi connectivity index (χ2n) is 6.14. The van der Waals surface area contributed by atoms with Crippen LogP contribution in [0.25, 0.3) is 11.3 Å². The molecule has 0 bridgehead atoms. The SMILES string of the molecule is Fc1cc(F)cc(CN2CCC(n3cnc4nccnc43)CC2)c1. The zero-order chi connectivity index (χ0) is 16.5. The lowest BCUT2D eigenvalue weighted by molar-refractivity contribution is 0.181. The molecule has 1 aliphatic rings. The average molecular weight is 329 g/mol. The van der Waals surface area contributed by atoms with E-state index in [4.69, 9.17) is 0 Å². The van der Waals surface area contributed by atoms with Gasteiger partial charge in [0.05, 0.1) is 6.33 Å². The zero-order valence-electron chi connectivity index (χ0n) is 13.1. The first-order chi connectivity index (χ1) is 11.7. The summed E-state index contributed by atoms with van der Waals surface area (Å²) < 4.78 is 28.7. The number of likely N-dealkylation sites (tertiary alicyclic amines) is 1. The van der Waals surface area contributed by atoms with Gasteiger partial charge in [0.2, 0.25) is 0 Å². The molecule has 0 spiro atoms. The lowest BCUT2D eigenvalue weighted by Crippen LogP contribution is -2.34. The van der Waals surface area contributed by atoms with Gasteiger partial charge in [-0.05, 0) is 30.5 Å². The molecule has 0 amide bonds. The highest BCUT2D eigenvalue weighted by Crippen LogP contribution is 2.26. The highest BCUT2D eigenvalue weighted by Gasteiger charge is 2.22. The normalized spacial score (nSPS) is 16.8. The van der Waals surface area contributed by atoms with Gasteiger partial charge in [-0.2, -0.15) is 0 Å². The van der Waals surface area contributed by atoms with Gasteiger partial charge in [0.25, 0.3) is 0 Å². The molecule has 1 aliphatic heterocycles. The molecule has 3 heterocycles. The molecule has 7 heteroatoms. The maximum absolute atomic E-state index is 13.3. The second-order valence-corrected chi connectivity index (χ2v) is 6.14. The number of fused-ring (bicyclic) bond motifs is 1. The highest BCUT2D eigenvalue weighted by atomic mass is 19.1. The fourth-order valence-corrected chi connectivity index (χ4v) is 3.35. The Morgan fingerprint density at radius 3 is 2.42 bits per heavy atom. The van der Waals surface area contributed by atoms with E-state index in [1.807, 2.05) is 0 Å². The van der Waals surface area contributed by atoms with Crippen LogP contribution >= 0.6 is 0 Å². The Bertz CT molecular complexity index is 835. The van der Waals surface area contributed by atoms with Gasteiger partial charge in [0.1, 0.15) is 11.6 Å². The summed E-state index contributed by atoms with van der Waals surface area (Å²) in [5.74, 6) is -1.05. The first-order valence-electron chi connectivity index (χ1n) is 8.00. The highest BCUT2D eigenvalue weighted by molar-refractivity contribution is 5.64. The van der Waals surface area contributed by atoms with E-state index >= 15 is 0 Å². The maximum atomic E-state index is 13.3. The number of benzene rings is 1. The van der Waals surface area contributed by atoms with Crippen LogP contribution in [-0.4, -0.2) is 37.5 Å². The van der Waals surface area contributed by atoms with Crippen LogP contribution in [0.3, 0.4) is 0 Å². The predicted octanol–water partition coefficient (Wildman–Crippen LogP) is 2.94. The quantitative estimate of drug-likeness (QED) is 0.741. The summed E-state index contributed by atoms with van der Waals surface area (Å²) in [6, 6.07) is 4.02. The molecule has 1 aromatic carbocycles. The molecule has 0 atom stereocenters. The number of nitrogens with zero attached hydrogens (tertiary/aromatic N) is 5. The van der Waals surface area contributed by atoms with Gasteiger partial charge < -0.3 is 4.57 Å². The van der Waals surface area contributed by atoms with Crippen LogP contribution in [0.5, 0.6) is 0 Å². The lowest BCUT2D eigenvalue weighted by Gasteiger charge is -2.32. The van der Waals surface area contributed by atoms with Gasteiger partial charge >= 0.3 is 0 Å².